The molecule has 10 heteroatoms. The van der Waals surface area contributed by atoms with Gasteiger partial charge in [0.1, 0.15) is 5.82 Å². The van der Waals surface area contributed by atoms with Gasteiger partial charge in [0.15, 0.2) is 12.2 Å². The second-order valence-corrected chi connectivity index (χ2v) is 8.48. The smallest absolute Gasteiger partial charge is 0.226 e. The first kappa shape index (κ1) is 21.8. The van der Waals surface area contributed by atoms with E-state index in [4.69, 9.17) is 0 Å². The number of H-pyrrole nitrogens is 1. The van der Waals surface area contributed by atoms with Gasteiger partial charge in [0, 0.05) is 41.8 Å². The highest BCUT2D eigenvalue weighted by molar-refractivity contribution is 5.97. The number of carbonyl (C=O) groups is 1. The molecule has 3 heterocycles. The van der Waals surface area contributed by atoms with Crippen molar-refractivity contribution in [1.82, 2.24) is 25.5 Å². The van der Waals surface area contributed by atoms with E-state index in [1.165, 1.54) is 0 Å². The van der Waals surface area contributed by atoms with Crippen LogP contribution < -0.4 is 20.9 Å². The lowest BCUT2D eigenvalue weighted by molar-refractivity contribution is -0.116. The predicted octanol–water partition coefficient (Wildman–Crippen LogP) is 3.19. The summed E-state index contributed by atoms with van der Waals surface area (Å²) in [6.45, 7) is 4.29. The largest absolute Gasteiger partial charge is 0.361 e. The van der Waals surface area contributed by atoms with Gasteiger partial charge in [-0.15, -0.1) is 0 Å². The Morgan fingerprint density at radius 3 is 2.88 bits per heavy atom. The average molecular weight is 459 g/mol. The molecule has 5 N–H and O–H groups in total. The zero-order valence-electron chi connectivity index (χ0n) is 18.9. The zero-order chi connectivity index (χ0) is 23.7. The summed E-state index contributed by atoms with van der Waals surface area (Å²) < 4.78 is 0. The number of aromatic amines is 1. The molecule has 4 aromatic rings. The van der Waals surface area contributed by atoms with Crippen molar-refractivity contribution in [2.45, 2.75) is 32.7 Å². The van der Waals surface area contributed by atoms with Gasteiger partial charge in [0.05, 0.1) is 23.1 Å². The summed E-state index contributed by atoms with van der Waals surface area (Å²) in [4.78, 5) is 23.1. The number of amides is 1. The number of nitrogens with zero attached hydrogens (tertiary/aromatic N) is 4. The normalized spacial score (nSPS) is 14.6. The maximum atomic E-state index is 12.2. The van der Waals surface area contributed by atoms with E-state index in [0.717, 1.165) is 22.2 Å². The fraction of sp³-hybridized carbons (Fsp3) is 0.250. The Hall–Kier alpha value is -4.02. The van der Waals surface area contributed by atoms with Crippen molar-refractivity contribution in [1.29, 1.82) is 0 Å². The Labute approximate surface area is 196 Å². The number of aliphatic hydroxyl groups is 1. The van der Waals surface area contributed by atoms with Gasteiger partial charge < -0.3 is 20.6 Å². The SMILES string of the molecule is CC(C)NC(O)N1CCC(=O)Nc2ccc(-c3nccc(Nc4ccc5[nH]ncc5c4)n3)cc21. The van der Waals surface area contributed by atoms with E-state index in [9.17, 15) is 9.90 Å². The zero-order valence-corrected chi connectivity index (χ0v) is 18.9. The van der Waals surface area contributed by atoms with Crippen LogP contribution in [0.4, 0.5) is 22.9 Å². The van der Waals surface area contributed by atoms with Crippen LogP contribution in [-0.2, 0) is 4.79 Å². The minimum atomic E-state index is -0.937. The molecule has 0 fully saturated rings. The number of fused-ring (bicyclic) bond motifs is 2. The lowest BCUT2D eigenvalue weighted by Gasteiger charge is -2.31. The summed E-state index contributed by atoms with van der Waals surface area (Å²) >= 11 is 0. The molecule has 34 heavy (non-hydrogen) atoms. The average Bonchev–Trinajstić information content (AvgIpc) is 3.20. The molecule has 0 spiro atoms. The Bertz CT molecular complexity index is 1340. The van der Waals surface area contributed by atoms with Crippen LogP contribution in [0.2, 0.25) is 0 Å². The molecule has 0 saturated carbocycles. The molecule has 1 amide bonds. The first-order valence-electron chi connectivity index (χ1n) is 11.1. The second kappa shape index (κ2) is 9.08. The molecule has 174 valence electrons. The number of nitrogens with one attached hydrogen (secondary N) is 4. The lowest BCUT2D eigenvalue weighted by Crippen LogP contribution is -2.48. The van der Waals surface area contributed by atoms with Gasteiger partial charge in [0.25, 0.3) is 0 Å². The Morgan fingerprint density at radius 1 is 1.15 bits per heavy atom. The summed E-state index contributed by atoms with van der Waals surface area (Å²) in [5.74, 6) is 1.08. The van der Waals surface area contributed by atoms with Gasteiger partial charge >= 0.3 is 0 Å². The van der Waals surface area contributed by atoms with E-state index < -0.39 is 6.35 Å². The summed E-state index contributed by atoms with van der Waals surface area (Å²) in [6, 6.07) is 13.3. The Morgan fingerprint density at radius 2 is 2.03 bits per heavy atom. The molecule has 0 radical (unpaired) electrons. The monoisotopic (exact) mass is 458 g/mol. The van der Waals surface area contributed by atoms with Crippen molar-refractivity contribution in [3.8, 4) is 11.4 Å². The highest BCUT2D eigenvalue weighted by atomic mass is 16.3. The van der Waals surface area contributed by atoms with Crippen molar-refractivity contribution < 1.29 is 9.90 Å². The quantitative estimate of drug-likeness (QED) is 0.279. The topological polar surface area (TPSA) is 131 Å². The summed E-state index contributed by atoms with van der Waals surface area (Å²) in [5.41, 5.74) is 3.96. The standard InChI is InChI=1S/C24H26N8O2/c1-14(2)27-24(34)32-10-8-22(33)29-19-5-3-15(12-20(19)32)23-25-9-7-21(30-23)28-17-4-6-18-16(11-17)13-26-31-18/h3-7,9,11-14,24,27,34H,8,10H2,1-2H3,(H,26,31)(H,29,33)(H,25,28,30). The van der Waals surface area contributed by atoms with Gasteiger partial charge in [-0.25, -0.2) is 9.97 Å². The van der Waals surface area contributed by atoms with E-state index in [1.54, 1.807) is 23.4 Å². The predicted molar refractivity (Wildman–Crippen MR) is 132 cm³/mol. The van der Waals surface area contributed by atoms with Crippen LogP contribution in [0.25, 0.3) is 22.3 Å². The number of anilines is 4. The van der Waals surface area contributed by atoms with E-state index in [1.807, 2.05) is 50.2 Å². The summed E-state index contributed by atoms with van der Waals surface area (Å²) in [6.07, 6.45) is 2.81. The lowest BCUT2D eigenvalue weighted by atomic mass is 10.1. The van der Waals surface area contributed by atoms with Gasteiger partial charge in [-0.05, 0) is 56.3 Å². The van der Waals surface area contributed by atoms with E-state index >= 15 is 0 Å². The third kappa shape index (κ3) is 4.54. The fourth-order valence-corrected chi connectivity index (χ4v) is 3.95. The van der Waals surface area contributed by atoms with Crippen LogP contribution in [0.15, 0.2) is 54.9 Å². The van der Waals surface area contributed by atoms with Crippen LogP contribution in [-0.4, -0.2) is 50.1 Å². The molecular weight excluding hydrogens is 432 g/mol. The third-order valence-electron chi connectivity index (χ3n) is 5.57. The van der Waals surface area contributed by atoms with Gasteiger partial charge in [-0.2, -0.15) is 5.10 Å². The number of benzene rings is 2. The van der Waals surface area contributed by atoms with Crippen molar-refractivity contribution in [2.24, 2.45) is 0 Å². The molecule has 1 atom stereocenters. The Kier molecular flexibility index (Phi) is 5.83. The number of aliphatic hydroxyl groups excluding tert-OH is 1. The Balaban J connectivity index is 1.46. The number of carbonyl (C=O) groups excluding carboxylic acids is 1. The maximum absolute atomic E-state index is 12.2. The van der Waals surface area contributed by atoms with Crippen LogP contribution in [0.3, 0.4) is 0 Å². The molecule has 0 saturated heterocycles. The molecule has 1 aliphatic heterocycles. The van der Waals surface area contributed by atoms with Crippen molar-refractivity contribution in [3.63, 3.8) is 0 Å². The van der Waals surface area contributed by atoms with E-state index in [0.29, 0.717) is 29.6 Å². The van der Waals surface area contributed by atoms with Crippen LogP contribution in [0.5, 0.6) is 0 Å². The highest BCUT2D eigenvalue weighted by Crippen LogP contribution is 2.34. The van der Waals surface area contributed by atoms with Crippen molar-refractivity contribution in [3.05, 3.63) is 54.9 Å². The molecule has 0 bridgehead atoms. The summed E-state index contributed by atoms with van der Waals surface area (Å²) in [7, 11) is 0. The molecule has 5 rings (SSSR count). The second-order valence-electron chi connectivity index (χ2n) is 8.48. The number of rotatable bonds is 6. The fourth-order valence-electron chi connectivity index (χ4n) is 3.95. The first-order valence-corrected chi connectivity index (χ1v) is 11.1. The van der Waals surface area contributed by atoms with Crippen molar-refractivity contribution >= 4 is 39.7 Å². The first-order chi connectivity index (χ1) is 16.5. The molecule has 2 aromatic heterocycles. The highest BCUT2D eigenvalue weighted by Gasteiger charge is 2.25. The van der Waals surface area contributed by atoms with Gasteiger partial charge in [-0.3, -0.25) is 15.2 Å². The molecule has 1 aliphatic rings. The number of aromatic nitrogens is 4. The van der Waals surface area contributed by atoms with Crippen LogP contribution >= 0.6 is 0 Å². The van der Waals surface area contributed by atoms with Gasteiger partial charge in [0.2, 0.25) is 5.91 Å². The third-order valence-corrected chi connectivity index (χ3v) is 5.57. The van der Waals surface area contributed by atoms with Crippen molar-refractivity contribution in [2.75, 3.05) is 22.1 Å². The molecule has 2 aromatic carbocycles. The minimum Gasteiger partial charge on any atom is -0.361 e. The molecule has 0 aliphatic carbocycles. The maximum Gasteiger partial charge on any atom is 0.226 e. The molecule has 1 unspecified atom stereocenters. The molecule has 10 nitrogen and oxygen atoms in total. The van der Waals surface area contributed by atoms with E-state index in [2.05, 4.69) is 36.1 Å². The van der Waals surface area contributed by atoms with Gasteiger partial charge in [-0.1, -0.05) is 0 Å². The van der Waals surface area contributed by atoms with Crippen LogP contribution in [0.1, 0.15) is 20.3 Å². The van der Waals surface area contributed by atoms with Crippen LogP contribution in [0, 0.1) is 0 Å². The number of hydrogen-bond acceptors (Lipinski definition) is 8. The molecular formula is C24H26N8O2. The minimum absolute atomic E-state index is 0.0703. The number of hydrogen-bond donors (Lipinski definition) is 5. The summed E-state index contributed by atoms with van der Waals surface area (Å²) in [5, 5.41) is 28.1. The van der Waals surface area contributed by atoms with E-state index in [-0.39, 0.29) is 18.4 Å².